The molecule has 3 aromatic rings. The molecule has 0 aliphatic rings. The van der Waals surface area contributed by atoms with Crippen LogP contribution < -0.4 is 14.4 Å². The maximum absolute atomic E-state index is 14.0. The molecule has 0 saturated carbocycles. The van der Waals surface area contributed by atoms with Crippen LogP contribution in [0.3, 0.4) is 0 Å². The second-order valence-corrected chi connectivity index (χ2v) is 12.9. The second-order valence-electron chi connectivity index (χ2n) is 10.7. The van der Waals surface area contributed by atoms with Crippen molar-refractivity contribution in [1.82, 2.24) is 10.2 Å². The van der Waals surface area contributed by atoms with Crippen molar-refractivity contribution in [2.45, 2.75) is 51.4 Å². The largest absolute Gasteiger partial charge is 0.497 e. The van der Waals surface area contributed by atoms with E-state index in [1.807, 2.05) is 13.8 Å². The number of hydrogen-bond donors (Lipinski definition) is 1. The van der Waals surface area contributed by atoms with Crippen molar-refractivity contribution in [3.8, 4) is 5.75 Å². The highest BCUT2D eigenvalue weighted by Gasteiger charge is 2.37. The van der Waals surface area contributed by atoms with Crippen LogP contribution in [0.5, 0.6) is 5.75 Å². The molecule has 0 aliphatic heterocycles. The van der Waals surface area contributed by atoms with Gasteiger partial charge >= 0.3 is 6.18 Å². The van der Waals surface area contributed by atoms with E-state index in [0.29, 0.717) is 28.2 Å². The fourth-order valence-electron chi connectivity index (χ4n) is 4.25. The average molecular weight is 654 g/mol. The van der Waals surface area contributed by atoms with Gasteiger partial charge in [-0.15, -0.1) is 0 Å². The van der Waals surface area contributed by atoms with Gasteiger partial charge in [0.05, 0.1) is 28.3 Å². The van der Waals surface area contributed by atoms with E-state index >= 15 is 0 Å². The first-order valence-corrected chi connectivity index (χ1v) is 15.5. The Kier molecular flexibility index (Phi) is 11.3. The Balaban J connectivity index is 2.11. The SMILES string of the molecule is COc1cccc(CN(C(=O)CN(c2ccc(Cl)c(C(F)(F)F)c2)S(=O)(=O)c2ccc(C)cc2)C(C)C(=O)NCC(C)C)c1. The maximum atomic E-state index is 14.0. The van der Waals surface area contributed by atoms with Crippen molar-refractivity contribution in [3.05, 3.63) is 88.4 Å². The number of halogens is 4. The number of carbonyl (C=O) groups is 2. The maximum Gasteiger partial charge on any atom is 0.417 e. The van der Waals surface area contributed by atoms with E-state index in [-0.39, 0.29) is 17.4 Å². The van der Waals surface area contributed by atoms with Gasteiger partial charge in [0.25, 0.3) is 10.0 Å². The van der Waals surface area contributed by atoms with Gasteiger partial charge in [-0.1, -0.05) is 55.3 Å². The topological polar surface area (TPSA) is 96.0 Å². The summed E-state index contributed by atoms with van der Waals surface area (Å²) in [5.41, 5.74) is -0.347. The van der Waals surface area contributed by atoms with Crippen LogP contribution in [0.2, 0.25) is 5.02 Å². The molecular weight excluding hydrogens is 619 g/mol. The monoisotopic (exact) mass is 653 g/mol. The van der Waals surface area contributed by atoms with E-state index in [2.05, 4.69) is 5.32 Å². The summed E-state index contributed by atoms with van der Waals surface area (Å²) in [6.45, 7) is 6.37. The van der Waals surface area contributed by atoms with Crippen LogP contribution in [-0.4, -0.2) is 51.4 Å². The molecule has 1 N–H and O–H groups in total. The Morgan fingerprint density at radius 1 is 1.00 bits per heavy atom. The molecule has 0 bridgehead atoms. The van der Waals surface area contributed by atoms with Gasteiger partial charge in [0, 0.05) is 13.1 Å². The minimum Gasteiger partial charge on any atom is -0.497 e. The average Bonchev–Trinajstić information content (AvgIpc) is 2.97. The normalized spacial score (nSPS) is 12.5. The lowest BCUT2D eigenvalue weighted by Crippen LogP contribution is -2.51. The van der Waals surface area contributed by atoms with Crippen LogP contribution in [0.1, 0.15) is 37.5 Å². The van der Waals surface area contributed by atoms with Crippen LogP contribution >= 0.6 is 11.6 Å². The zero-order valence-electron chi connectivity index (χ0n) is 25.0. The third-order valence-corrected chi connectivity index (χ3v) is 8.89. The van der Waals surface area contributed by atoms with E-state index in [4.69, 9.17) is 16.3 Å². The van der Waals surface area contributed by atoms with Gasteiger partial charge in [-0.05, 0) is 67.8 Å². The Bertz CT molecular complexity index is 1580. The number of nitrogens with one attached hydrogen (secondary N) is 1. The summed E-state index contributed by atoms with van der Waals surface area (Å²) in [5, 5.41) is 2.14. The number of hydrogen-bond acceptors (Lipinski definition) is 5. The number of methoxy groups -OCH3 is 1. The summed E-state index contributed by atoms with van der Waals surface area (Å²) in [7, 11) is -3.10. The quantitative estimate of drug-likeness (QED) is 0.256. The molecular formula is C31H35ClF3N3O5S. The first-order valence-electron chi connectivity index (χ1n) is 13.7. The van der Waals surface area contributed by atoms with Gasteiger partial charge in [0.15, 0.2) is 0 Å². The number of alkyl halides is 3. The highest BCUT2D eigenvalue weighted by atomic mass is 35.5. The first kappa shape index (κ1) is 34.7. The van der Waals surface area contributed by atoms with Crippen molar-refractivity contribution < 1.29 is 35.9 Å². The van der Waals surface area contributed by atoms with Gasteiger partial charge in [0.2, 0.25) is 11.8 Å². The van der Waals surface area contributed by atoms with Crippen LogP contribution in [0.4, 0.5) is 18.9 Å². The molecule has 0 spiro atoms. The molecule has 2 amide bonds. The molecule has 0 heterocycles. The Morgan fingerprint density at radius 3 is 2.25 bits per heavy atom. The number of anilines is 1. The van der Waals surface area contributed by atoms with E-state index in [1.54, 1.807) is 31.2 Å². The van der Waals surface area contributed by atoms with Gasteiger partial charge in [0.1, 0.15) is 18.3 Å². The van der Waals surface area contributed by atoms with Crippen molar-refractivity contribution in [1.29, 1.82) is 0 Å². The number of rotatable bonds is 12. The van der Waals surface area contributed by atoms with Crippen LogP contribution in [-0.2, 0) is 32.3 Å². The van der Waals surface area contributed by atoms with E-state index < -0.39 is 56.9 Å². The molecule has 13 heteroatoms. The summed E-state index contributed by atoms with van der Waals surface area (Å²) in [4.78, 5) is 28.1. The molecule has 0 aliphatic carbocycles. The first-order chi connectivity index (χ1) is 20.5. The van der Waals surface area contributed by atoms with Crippen molar-refractivity contribution in [2.75, 3.05) is 24.5 Å². The van der Waals surface area contributed by atoms with Crippen molar-refractivity contribution >= 4 is 39.1 Å². The highest BCUT2D eigenvalue weighted by molar-refractivity contribution is 7.92. The second kappa shape index (κ2) is 14.3. The van der Waals surface area contributed by atoms with E-state index in [0.717, 1.165) is 17.7 Å². The van der Waals surface area contributed by atoms with Crippen molar-refractivity contribution in [3.63, 3.8) is 0 Å². The summed E-state index contributed by atoms with van der Waals surface area (Å²) in [6, 6.07) is 14.0. The fourth-order valence-corrected chi connectivity index (χ4v) is 5.89. The molecule has 0 aromatic heterocycles. The summed E-state index contributed by atoms with van der Waals surface area (Å²) in [6.07, 6.45) is -4.89. The molecule has 1 unspecified atom stereocenters. The Labute approximate surface area is 260 Å². The minimum atomic E-state index is -4.89. The lowest BCUT2D eigenvalue weighted by molar-refractivity contribution is -0.139. The molecule has 0 fully saturated rings. The van der Waals surface area contributed by atoms with Gasteiger partial charge in [-0.25, -0.2) is 8.42 Å². The van der Waals surface area contributed by atoms with Gasteiger partial charge in [-0.3, -0.25) is 13.9 Å². The molecule has 3 rings (SSSR count). The summed E-state index contributed by atoms with van der Waals surface area (Å²) < 4.78 is 75.1. The number of amides is 2. The lowest BCUT2D eigenvalue weighted by atomic mass is 10.1. The highest BCUT2D eigenvalue weighted by Crippen LogP contribution is 2.38. The van der Waals surface area contributed by atoms with E-state index in [9.17, 15) is 31.2 Å². The third kappa shape index (κ3) is 8.66. The van der Waals surface area contributed by atoms with Gasteiger partial charge in [-0.2, -0.15) is 13.2 Å². The zero-order valence-corrected chi connectivity index (χ0v) is 26.6. The number of sulfonamides is 1. The minimum absolute atomic E-state index is 0.112. The number of carbonyl (C=O) groups excluding carboxylic acids is 2. The summed E-state index contributed by atoms with van der Waals surface area (Å²) >= 11 is 5.82. The smallest absolute Gasteiger partial charge is 0.417 e. The van der Waals surface area contributed by atoms with Crippen LogP contribution in [0.15, 0.2) is 71.6 Å². The number of nitrogens with zero attached hydrogens (tertiary/aromatic N) is 2. The van der Waals surface area contributed by atoms with Gasteiger partial charge < -0.3 is 15.0 Å². The molecule has 44 heavy (non-hydrogen) atoms. The Morgan fingerprint density at radius 2 is 1.66 bits per heavy atom. The van der Waals surface area contributed by atoms with E-state index in [1.165, 1.54) is 43.2 Å². The zero-order chi connectivity index (χ0) is 32.8. The number of ether oxygens (including phenoxy) is 1. The number of benzene rings is 3. The fraction of sp³-hybridized carbons (Fsp3) is 0.355. The molecule has 8 nitrogen and oxygen atoms in total. The standard InChI is InChI=1S/C31H35ClF3N3O5S/c1-20(2)17-36-30(40)22(4)37(18-23-7-6-8-25(15-23)43-5)29(39)19-38(44(41,42)26-12-9-21(3)10-13-26)24-11-14-28(32)27(16-24)31(33,34)35/h6-16,20,22H,17-19H2,1-5H3,(H,36,40). The summed E-state index contributed by atoms with van der Waals surface area (Å²) in [5.74, 6) is -0.680. The van der Waals surface area contributed by atoms with Crippen molar-refractivity contribution in [2.24, 2.45) is 5.92 Å². The van der Waals surface area contributed by atoms with Crippen LogP contribution in [0, 0.1) is 12.8 Å². The number of aryl methyl sites for hydroxylation is 1. The molecule has 0 radical (unpaired) electrons. The third-order valence-electron chi connectivity index (χ3n) is 6.77. The predicted octanol–water partition coefficient (Wildman–Crippen LogP) is 6.06. The lowest BCUT2D eigenvalue weighted by Gasteiger charge is -2.32. The molecule has 0 saturated heterocycles. The molecule has 238 valence electrons. The van der Waals surface area contributed by atoms with Crippen LogP contribution in [0.25, 0.3) is 0 Å². The predicted molar refractivity (Wildman–Crippen MR) is 163 cm³/mol. The molecule has 1 atom stereocenters. The molecule has 3 aromatic carbocycles. The Hall–Kier alpha value is -3.77.